The van der Waals surface area contributed by atoms with Crippen LogP contribution in [0.5, 0.6) is 0 Å². The van der Waals surface area contributed by atoms with Gasteiger partial charge in [0.1, 0.15) is 0 Å². The van der Waals surface area contributed by atoms with E-state index in [-0.39, 0.29) is 17.3 Å². The SMILES string of the molecule is COCCc1noc([C@@H]2CCCCN2CCn2c(=O)cc(C)[nH]c2=O)n1. The Morgan fingerprint density at radius 1 is 1.35 bits per heavy atom. The number of aryl methyl sites for hydroxylation is 1. The Hall–Kier alpha value is -2.26. The number of likely N-dealkylation sites (tertiary alicyclic amines) is 1. The molecule has 9 nitrogen and oxygen atoms in total. The van der Waals surface area contributed by atoms with Gasteiger partial charge in [0.25, 0.3) is 5.56 Å². The topological polar surface area (TPSA) is 106 Å². The Bertz CT molecular complexity index is 809. The van der Waals surface area contributed by atoms with E-state index < -0.39 is 0 Å². The van der Waals surface area contributed by atoms with Crippen molar-refractivity contribution in [3.8, 4) is 0 Å². The number of nitrogens with one attached hydrogen (secondary N) is 1. The molecule has 2 aromatic heterocycles. The van der Waals surface area contributed by atoms with Gasteiger partial charge in [-0.25, -0.2) is 4.79 Å². The molecular formula is C17H25N5O4. The molecule has 1 N–H and O–H groups in total. The Kier molecular flexibility index (Phi) is 6.00. The van der Waals surface area contributed by atoms with Crippen LogP contribution < -0.4 is 11.2 Å². The molecule has 1 atom stereocenters. The average molecular weight is 363 g/mol. The molecule has 1 fully saturated rings. The summed E-state index contributed by atoms with van der Waals surface area (Å²) in [6, 6.07) is 1.46. The summed E-state index contributed by atoms with van der Waals surface area (Å²) in [5, 5.41) is 4.02. The molecule has 26 heavy (non-hydrogen) atoms. The van der Waals surface area contributed by atoms with Crippen molar-refractivity contribution in [2.24, 2.45) is 0 Å². The predicted octanol–water partition coefficient (Wildman–Crippen LogP) is 0.644. The summed E-state index contributed by atoms with van der Waals surface area (Å²) in [7, 11) is 1.64. The van der Waals surface area contributed by atoms with Gasteiger partial charge in [0.2, 0.25) is 5.89 Å². The number of nitrogens with zero attached hydrogens (tertiary/aromatic N) is 4. The molecule has 9 heteroatoms. The highest BCUT2D eigenvalue weighted by atomic mass is 16.5. The van der Waals surface area contributed by atoms with Crippen LogP contribution in [0.4, 0.5) is 0 Å². The van der Waals surface area contributed by atoms with Crippen molar-refractivity contribution in [2.45, 2.75) is 45.2 Å². The van der Waals surface area contributed by atoms with Gasteiger partial charge in [-0.1, -0.05) is 11.6 Å². The van der Waals surface area contributed by atoms with E-state index in [1.54, 1.807) is 14.0 Å². The smallest absolute Gasteiger partial charge is 0.328 e. The van der Waals surface area contributed by atoms with Crippen molar-refractivity contribution < 1.29 is 9.26 Å². The Morgan fingerprint density at radius 2 is 2.19 bits per heavy atom. The first-order valence-corrected chi connectivity index (χ1v) is 8.94. The van der Waals surface area contributed by atoms with Crippen LogP contribution in [-0.4, -0.2) is 51.4 Å². The van der Waals surface area contributed by atoms with E-state index in [0.717, 1.165) is 25.8 Å². The first kappa shape index (κ1) is 18.5. The number of hydrogen-bond donors (Lipinski definition) is 1. The molecule has 0 bridgehead atoms. The van der Waals surface area contributed by atoms with E-state index in [2.05, 4.69) is 20.0 Å². The molecule has 2 aromatic rings. The third-order valence-corrected chi connectivity index (χ3v) is 4.68. The number of hydrogen-bond acceptors (Lipinski definition) is 7. The highest BCUT2D eigenvalue weighted by Crippen LogP contribution is 2.29. The molecule has 0 saturated carbocycles. The molecule has 0 aromatic carbocycles. The van der Waals surface area contributed by atoms with Crippen LogP contribution >= 0.6 is 0 Å². The molecule has 3 heterocycles. The lowest BCUT2D eigenvalue weighted by Crippen LogP contribution is -2.41. The van der Waals surface area contributed by atoms with Gasteiger partial charge in [-0.05, 0) is 26.3 Å². The lowest BCUT2D eigenvalue weighted by molar-refractivity contribution is 0.114. The van der Waals surface area contributed by atoms with Crippen molar-refractivity contribution in [1.29, 1.82) is 0 Å². The van der Waals surface area contributed by atoms with E-state index in [1.165, 1.54) is 10.6 Å². The first-order valence-electron chi connectivity index (χ1n) is 8.94. The van der Waals surface area contributed by atoms with Gasteiger partial charge >= 0.3 is 5.69 Å². The second kappa shape index (κ2) is 8.41. The van der Waals surface area contributed by atoms with Gasteiger partial charge < -0.3 is 14.2 Å². The largest absolute Gasteiger partial charge is 0.384 e. The fourth-order valence-corrected chi connectivity index (χ4v) is 3.31. The minimum Gasteiger partial charge on any atom is -0.384 e. The summed E-state index contributed by atoms with van der Waals surface area (Å²) >= 11 is 0. The van der Waals surface area contributed by atoms with Crippen LogP contribution in [0, 0.1) is 6.92 Å². The molecule has 0 radical (unpaired) electrons. The van der Waals surface area contributed by atoms with Gasteiger partial charge in [0.15, 0.2) is 5.82 Å². The monoisotopic (exact) mass is 363 g/mol. The summed E-state index contributed by atoms with van der Waals surface area (Å²) in [5.74, 6) is 1.24. The van der Waals surface area contributed by atoms with E-state index in [0.29, 0.717) is 43.5 Å². The maximum atomic E-state index is 12.1. The fraction of sp³-hybridized carbons (Fsp3) is 0.647. The van der Waals surface area contributed by atoms with Crippen molar-refractivity contribution >= 4 is 0 Å². The normalized spacial score (nSPS) is 18.3. The van der Waals surface area contributed by atoms with E-state index >= 15 is 0 Å². The molecule has 1 saturated heterocycles. The Balaban J connectivity index is 1.70. The molecule has 1 aliphatic heterocycles. The molecule has 0 aliphatic carbocycles. The number of ether oxygens (including phenoxy) is 1. The molecular weight excluding hydrogens is 338 g/mol. The lowest BCUT2D eigenvalue weighted by Gasteiger charge is -2.33. The van der Waals surface area contributed by atoms with E-state index in [4.69, 9.17) is 9.26 Å². The lowest BCUT2D eigenvalue weighted by atomic mass is 10.0. The highest BCUT2D eigenvalue weighted by molar-refractivity contribution is 4.98. The zero-order valence-corrected chi connectivity index (χ0v) is 15.2. The van der Waals surface area contributed by atoms with Gasteiger partial charge in [-0.2, -0.15) is 4.98 Å². The maximum Gasteiger partial charge on any atom is 0.328 e. The molecule has 142 valence electrons. The van der Waals surface area contributed by atoms with Gasteiger partial charge in [0, 0.05) is 38.4 Å². The van der Waals surface area contributed by atoms with Crippen molar-refractivity contribution in [2.75, 3.05) is 26.8 Å². The quantitative estimate of drug-likeness (QED) is 0.769. The van der Waals surface area contributed by atoms with Gasteiger partial charge in [0.05, 0.1) is 12.6 Å². The summed E-state index contributed by atoms with van der Waals surface area (Å²) in [6.45, 7) is 4.03. The maximum absolute atomic E-state index is 12.1. The highest BCUT2D eigenvalue weighted by Gasteiger charge is 2.28. The van der Waals surface area contributed by atoms with Gasteiger partial charge in [-0.15, -0.1) is 0 Å². The zero-order valence-electron chi connectivity index (χ0n) is 15.2. The Labute approximate surface area is 151 Å². The van der Waals surface area contributed by atoms with Crippen molar-refractivity contribution in [1.82, 2.24) is 24.6 Å². The minimum atomic E-state index is -0.372. The van der Waals surface area contributed by atoms with Crippen LogP contribution in [0.1, 0.15) is 42.7 Å². The minimum absolute atomic E-state index is 0.0211. The predicted molar refractivity (Wildman–Crippen MR) is 94.1 cm³/mol. The summed E-state index contributed by atoms with van der Waals surface area (Å²) in [5.41, 5.74) is -0.0794. The summed E-state index contributed by atoms with van der Waals surface area (Å²) in [4.78, 5) is 33.5. The van der Waals surface area contributed by atoms with Crippen LogP contribution in [0.2, 0.25) is 0 Å². The summed E-state index contributed by atoms with van der Waals surface area (Å²) < 4.78 is 11.7. The number of aromatic amines is 1. The number of H-pyrrole nitrogens is 1. The standard InChI is InChI=1S/C17H25N5O4/c1-12-11-15(23)22(17(24)18-12)9-8-21-7-4-3-5-13(21)16-19-14(20-26-16)6-10-25-2/h11,13H,3-10H2,1-2H3,(H,18,24)/t13-/m0/s1. The van der Waals surface area contributed by atoms with Crippen LogP contribution in [0.25, 0.3) is 0 Å². The second-order valence-electron chi connectivity index (χ2n) is 6.59. The molecule has 0 unspecified atom stereocenters. The molecule has 3 rings (SSSR count). The molecule has 1 aliphatic rings. The van der Waals surface area contributed by atoms with Gasteiger partial charge in [-0.3, -0.25) is 14.3 Å². The third kappa shape index (κ3) is 4.28. The van der Waals surface area contributed by atoms with Crippen LogP contribution in [-0.2, 0) is 17.7 Å². The number of piperidine rings is 1. The van der Waals surface area contributed by atoms with Crippen LogP contribution in [0.3, 0.4) is 0 Å². The third-order valence-electron chi connectivity index (χ3n) is 4.68. The fourth-order valence-electron chi connectivity index (χ4n) is 3.31. The first-order chi connectivity index (χ1) is 12.6. The van der Waals surface area contributed by atoms with Crippen molar-refractivity contribution in [3.63, 3.8) is 0 Å². The molecule has 0 spiro atoms. The zero-order chi connectivity index (χ0) is 18.5. The average Bonchev–Trinajstić information content (AvgIpc) is 3.08. The van der Waals surface area contributed by atoms with E-state index in [1.807, 2.05) is 0 Å². The number of methoxy groups -OCH3 is 1. The number of aromatic nitrogens is 4. The van der Waals surface area contributed by atoms with Crippen molar-refractivity contribution in [3.05, 3.63) is 44.3 Å². The Morgan fingerprint density at radius 3 is 2.96 bits per heavy atom. The van der Waals surface area contributed by atoms with E-state index in [9.17, 15) is 9.59 Å². The van der Waals surface area contributed by atoms with Crippen LogP contribution in [0.15, 0.2) is 20.2 Å². The second-order valence-corrected chi connectivity index (χ2v) is 6.59. The number of rotatable bonds is 7. The molecule has 0 amide bonds. The summed E-state index contributed by atoms with van der Waals surface area (Å²) in [6.07, 6.45) is 3.69.